The summed E-state index contributed by atoms with van der Waals surface area (Å²) in [5.74, 6) is 1.17. The number of hydrogen-bond donors (Lipinski definition) is 2. The number of carbonyl (C=O) groups excluding carboxylic acids is 2. The Morgan fingerprint density at radius 1 is 0.966 bits per heavy atom. The summed E-state index contributed by atoms with van der Waals surface area (Å²) >= 11 is 0. The molecule has 0 fully saturated rings. The summed E-state index contributed by atoms with van der Waals surface area (Å²) in [7, 11) is 0. The lowest BCUT2D eigenvalue weighted by Gasteiger charge is -2.18. The molecular weight excluding hydrogens is 368 g/mol. The Hall–Kier alpha value is -3.02. The minimum absolute atomic E-state index is 0.108. The molecule has 0 aliphatic rings. The Bertz CT molecular complexity index is 793. The first-order chi connectivity index (χ1) is 14.0. The van der Waals surface area contributed by atoms with Gasteiger partial charge in [0.15, 0.2) is 11.5 Å². The SMILES string of the molecule is CCOc1ccc(CCNC(=O)CC(NC(C)=O)c2ccccc2)cc1OCC. The molecule has 1 unspecified atom stereocenters. The van der Waals surface area contributed by atoms with Crippen LogP contribution in [0.15, 0.2) is 48.5 Å². The lowest BCUT2D eigenvalue weighted by atomic mass is 10.0. The second-order valence-electron chi connectivity index (χ2n) is 6.61. The number of rotatable bonds is 11. The number of carbonyl (C=O) groups is 2. The molecule has 0 aromatic heterocycles. The van der Waals surface area contributed by atoms with E-state index in [9.17, 15) is 9.59 Å². The monoisotopic (exact) mass is 398 g/mol. The van der Waals surface area contributed by atoms with Crippen LogP contribution in [0.2, 0.25) is 0 Å². The van der Waals surface area contributed by atoms with Gasteiger partial charge in [0.05, 0.1) is 25.7 Å². The van der Waals surface area contributed by atoms with Crippen LogP contribution in [0.1, 0.15) is 44.4 Å². The van der Waals surface area contributed by atoms with Crippen LogP contribution >= 0.6 is 0 Å². The molecule has 6 heteroatoms. The average molecular weight is 399 g/mol. The van der Waals surface area contributed by atoms with Gasteiger partial charge in [0.2, 0.25) is 11.8 Å². The van der Waals surface area contributed by atoms with Crippen LogP contribution in [0.3, 0.4) is 0 Å². The van der Waals surface area contributed by atoms with Crippen molar-refractivity contribution in [3.8, 4) is 11.5 Å². The van der Waals surface area contributed by atoms with E-state index >= 15 is 0 Å². The highest BCUT2D eigenvalue weighted by Gasteiger charge is 2.16. The minimum atomic E-state index is -0.344. The molecule has 0 spiro atoms. The fraction of sp³-hybridized carbons (Fsp3) is 0.391. The molecule has 156 valence electrons. The van der Waals surface area contributed by atoms with E-state index in [1.165, 1.54) is 6.92 Å². The number of ether oxygens (including phenoxy) is 2. The van der Waals surface area contributed by atoms with Crippen LogP contribution in [-0.4, -0.2) is 31.6 Å². The Balaban J connectivity index is 1.91. The van der Waals surface area contributed by atoms with Crippen molar-refractivity contribution in [2.45, 2.75) is 39.7 Å². The third-order valence-electron chi connectivity index (χ3n) is 4.31. The summed E-state index contributed by atoms with van der Waals surface area (Å²) in [6.07, 6.45) is 0.866. The molecule has 0 saturated heterocycles. The molecule has 29 heavy (non-hydrogen) atoms. The van der Waals surface area contributed by atoms with Crippen LogP contribution in [-0.2, 0) is 16.0 Å². The first-order valence-electron chi connectivity index (χ1n) is 10.0. The van der Waals surface area contributed by atoms with Crippen molar-refractivity contribution < 1.29 is 19.1 Å². The van der Waals surface area contributed by atoms with E-state index in [2.05, 4.69) is 10.6 Å². The van der Waals surface area contributed by atoms with Gasteiger partial charge in [0, 0.05) is 13.5 Å². The Labute approximate surface area is 172 Å². The van der Waals surface area contributed by atoms with E-state index in [-0.39, 0.29) is 24.3 Å². The fourth-order valence-corrected chi connectivity index (χ4v) is 3.04. The predicted octanol–water partition coefficient (Wildman–Crippen LogP) is 3.41. The lowest BCUT2D eigenvalue weighted by molar-refractivity contribution is -0.122. The molecule has 0 radical (unpaired) electrons. The van der Waals surface area contributed by atoms with Gasteiger partial charge in [-0.1, -0.05) is 36.4 Å². The maximum Gasteiger partial charge on any atom is 0.222 e. The Morgan fingerprint density at radius 3 is 2.31 bits per heavy atom. The highest BCUT2D eigenvalue weighted by Crippen LogP contribution is 2.28. The molecule has 2 amide bonds. The Kier molecular flexibility index (Phi) is 9.02. The zero-order chi connectivity index (χ0) is 21.1. The molecular formula is C23H30N2O4. The molecule has 6 nitrogen and oxygen atoms in total. The van der Waals surface area contributed by atoms with Crippen LogP contribution < -0.4 is 20.1 Å². The average Bonchev–Trinajstić information content (AvgIpc) is 2.70. The van der Waals surface area contributed by atoms with E-state index in [0.29, 0.717) is 31.9 Å². The van der Waals surface area contributed by atoms with Gasteiger partial charge < -0.3 is 20.1 Å². The normalized spacial score (nSPS) is 11.4. The molecule has 0 heterocycles. The quantitative estimate of drug-likeness (QED) is 0.608. The number of hydrogen-bond acceptors (Lipinski definition) is 4. The zero-order valence-electron chi connectivity index (χ0n) is 17.4. The van der Waals surface area contributed by atoms with E-state index in [4.69, 9.17) is 9.47 Å². The van der Waals surface area contributed by atoms with Crippen LogP contribution in [0.5, 0.6) is 11.5 Å². The standard InChI is InChI=1S/C23H30N2O4/c1-4-28-21-12-11-18(15-22(21)29-5-2)13-14-24-23(27)16-20(25-17(3)26)19-9-7-6-8-10-19/h6-12,15,20H,4-5,13-14,16H2,1-3H3,(H,24,27)(H,25,26). The molecule has 2 rings (SSSR count). The van der Waals surface area contributed by atoms with Gasteiger partial charge in [-0.05, 0) is 43.5 Å². The molecule has 0 saturated carbocycles. The van der Waals surface area contributed by atoms with Crippen molar-refractivity contribution >= 4 is 11.8 Å². The first-order valence-corrected chi connectivity index (χ1v) is 10.0. The van der Waals surface area contributed by atoms with Crippen LogP contribution in [0.25, 0.3) is 0 Å². The van der Waals surface area contributed by atoms with E-state index in [1.807, 2.05) is 62.4 Å². The summed E-state index contributed by atoms with van der Waals surface area (Å²) in [6.45, 7) is 6.95. The maximum absolute atomic E-state index is 12.4. The molecule has 2 N–H and O–H groups in total. The highest BCUT2D eigenvalue weighted by atomic mass is 16.5. The van der Waals surface area contributed by atoms with Crippen molar-refractivity contribution in [1.82, 2.24) is 10.6 Å². The Morgan fingerprint density at radius 2 is 1.66 bits per heavy atom. The minimum Gasteiger partial charge on any atom is -0.490 e. The molecule has 0 aliphatic heterocycles. The second kappa shape index (κ2) is 11.7. The van der Waals surface area contributed by atoms with Gasteiger partial charge in [-0.15, -0.1) is 0 Å². The van der Waals surface area contributed by atoms with Crippen molar-refractivity contribution in [3.63, 3.8) is 0 Å². The smallest absolute Gasteiger partial charge is 0.222 e. The number of benzene rings is 2. The number of amides is 2. The summed E-state index contributed by atoms with van der Waals surface area (Å²) < 4.78 is 11.2. The van der Waals surface area contributed by atoms with Crippen molar-refractivity contribution in [3.05, 3.63) is 59.7 Å². The van der Waals surface area contributed by atoms with Gasteiger partial charge in [0.25, 0.3) is 0 Å². The third kappa shape index (κ3) is 7.49. The van der Waals surface area contributed by atoms with Crippen LogP contribution in [0, 0.1) is 0 Å². The van der Waals surface area contributed by atoms with Gasteiger partial charge in [0.1, 0.15) is 0 Å². The fourth-order valence-electron chi connectivity index (χ4n) is 3.04. The van der Waals surface area contributed by atoms with E-state index in [1.54, 1.807) is 0 Å². The summed E-state index contributed by atoms with van der Waals surface area (Å²) in [5.41, 5.74) is 1.96. The topological polar surface area (TPSA) is 76.7 Å². The second-order valence-corrected chi connectivity index (χ2v) is 6.61. The summed E-state index contributed by atoms with van der Waals surface area (Å²) in [5, 5.41) is 5.78. The van der Waals surface area contributed by atoms with Crippen molar-refractivity contribution in [1.29, 1.82) is 0 Å². The largest absolute Gasteiger partial charge is 0.490 e. The van der Waals surface area contributed by atoms with Gasteiger partial charge in [-0.25, -0.2) is 0 Å². The predicted molar refractivity (Wildman–Crippen MR) is 113 cm³/mol. The first kappa shape index (κ1) is 22.3. The van der Waals surface area contributed by atoms with Crippen molar-refractivity contribution in [2.24, 2.45) is 0 Å². The van der Waals surface area contributed by atoms with E-state index < -0.39 is 0 Å². The summed E-state index contributed by atoms with van der Waals surface area (Å²) in [6, 6.07) is 15.0. The third-order valence-corrected chi connectivity index (χ3v) is 4.31. The zero-order valence-corrected chi connectivity index (χ0v) is 17.4. The molecule has 2 aromatic rings. The van der Waals surface area contributed by atoms with Gasteiger partial charge >= 0.3 is 0 Å². The van der Waals surface area contributed by atoms with Crippen LogP contribution in [0.4, 0.5) is 0 Å². The number of nitrogens with one attached hydrogen (secondary N) is 2. The molecule has 2 aromatic carbocycles. The molecule has 0 bridgehead atoms. The summed E-state index contributed by atoms with van der Waals surface area (Å²) in [4.78, 5) is 23.9. The van der Waals surface area contributed by atoms with Gasteiger partial charge in [-0.3, -0.25) is 9.59 Å². The molecule has 1 atom stereocenters. The lowest BCUT2D eigenvalue weighted by Crippen LogP contribution is -2.33. The van der Waals surface area contributed by atoms with Gasteiger partial charge in [-0.2, -0.15) is 0 Å². The van der Waals surface area contributed by atoms with Crippen molar-refractivity contribution in [2.75, 3.05) is 19.8 Å². The van der Waals surface area contributed by atoms with E-state index in [0.717, 1.165) is 16.9 Å². The maximum atomic E-state index is 12.4. The highest BCUT2D eigenvalue weighted by molar-refractivity contribution is 5.79. The molecule has 0 aliphatic carbocycles.